The van der Waals surface area contributed by atoms with Gasteiger partial charge < -0.3 is 0 Å². The SMILES string of the molecule is Cc1cccc(C(=O)CN2CCS(=O)CC2)c1. The van der Waals surface area contributed by atoms with E-state index in [0.717, 1.165) is 24.2 Å². The van der Waals surface area contributed by atoms with Gasteiger partial charge in [0.05, 0.1) is 6.54 Å². The van der Waals surface area contributed by atoms with Crippen LogP contribution in [0, 0.1) is 6.92 Å². The van der Waals surface area contributed by atoms with E-state index in [-0.39, 0.29) is 5.78 Å². The number of hydrogen-bond donors (Lipinski definition) is 0. The van der Waals surface area contributed by atoms with E-state index in [0.29, 0.717) is 18.1 Å². The Kier molecular flexibility index (Phi) is 4.07. The molecule has 2 rings (SSSR count). The summed E-state index contributed by atoms with van der Waals surface area (Å²) in [5.74, 6) is 1.55. The number of nitrogens with zero attached hydrogens (tertiary/aromatic N) is 1. The first-order chi connectivity index (χ1) is 8.15. The van der Waals surface area contributed by atoms with Crippen LogP contribution in [0.3, 0.4) is 0 Å². The van der Waals surface area contributed by atoms with Gasteiger partial charge in [-0.1, -0.05) is 23.8 Å². The lowest BCUT2D eigenvalue weighted by Gasteiger charge is -2.25. The lowest BCUT2D eigenvalue weighted by atomic mass is 10.1. The number of rotatable bonds is 3. The van der Waals surface area contributed by atoms with Gasteiger partial charge in [-0.25, -0.2) is 0 Å². The molecule has 1 aliphatic rings. The lowest BCUT2D eigenvalue weighted by Crippen LogP contribution is -2.40. The van der Waals surface area contributed by atoms with Gasteiger partial charge >= 0.3 is 0 Å². The molecule has 0 bridgehead atoms. The van der Waals surface area contributed by atoms with Crippen LogP contribution in [0.5, 0.6) is 0 Å². The molecule has 0 aliphatic carbocycles. The van der Waals surface area contributed by atoms with Gasteiger partial charge in [-0.2, -0.15) is 0 Å². The molecular weight excluding hydrogens is 234 g/mol. The number of ketones is 1. The van der Waals surface area contributed by atoms with E-state index in [1.54, 1.807) is 0 Å². The topological polar surface area (TPSA) is 37.4 Å². The Balaban J connectivity index is 1.95. The molecule has 1 aromatic rings. The molecular formula is C13H17NO2S. The molecule has 0 radical (unpaired) electrons. The number of aryl methyl sites for hydroxylation is 1. The van der Waals surface area contributed by atoms with Gasteiger partial charge in [-0.15, -0.1) is 0 Å². The van der Waals surface area contributed by atoms with Gasteiger partial charge in [-0.3, -0.25) is 13.9 Å². The van der Waals surface area contributed by atoms with Gasteiger partial charge in [0.2, 0.25) is 0 Å². The molecule has 0 atom stereocenters. The highest BCUT2D eigenvalue weighted by atomic mass is 32.2. The number of hydrogen-bond acceptors (Lipinski definition) is 3. The largest absolute Gasteiger partial charge is 0.294 e. The molecule has 3 nitrogen and oxygen atoms in total. The third-order valence-corrected chi connectivity index (χ3v) is 4.25. The van der Waals surface area contributed by atoms with E-state index < -0.39 is 10.8 Å². The molecule has 17 heavy (non-hydrogen) atoms. The maximum Gasteiger partial charge on any atom is 0.176 e. The Bertz CT molecular complexity index is 435. The minimum absolute atomic E-state index is 0.154. The number of benzene rings is 1. The van der Waals surface area contributed by atoms with Gasteiger partial charge in [0, 0.05) is 41.0 Å². The fourth-order valence-electron chi connectivity index (χ4n) is 1.95. The Morgan fingerprint density at radius 3 is 2.71 bits per heavy atom. The van der Waals surface area contributed by atoms with Crippen molar-refractivity contribution in [2.45, 2.75) is 6.92 Å². The number of Topliss-reactive ketones (excluding diaryl/α,β-unsaturated/α-hetero) is 1. The summed E-state index contributed by atoms with van der Waals surface area (Å²) in [5, 5.41) is 0. The van der Waals surface area contributed by atoms with Crippen molar-refractivity contribution in [3.05, 3.63) is 35.4 Å². The molecule has 1 heterocycles. The number of carbonyl (C=O) groups is 1. The zero-order valence-electron chi connectivity index (χ0n) is 10.0. The third-order valence-electron chi connectivity index (χ3n) is 2.98. The monoisotopic (exact) mass is 251 g/mol. The second kappa shape index (κ2) is 5.56. The minimum Gasteiger partial charge on any atom is -0.294 e. The van der Waals surface area contributed by atoms with Crippen molar-refractivity contribution in [1.29, 1.82) is 0 Å². The molecule has 1 saturated heterocycles. The average molecular weight is 251 g/mol. The Labute approximate surface area is 104 Å². The first-order valence-corrected chi connectivity index (χ1v) is 7.31. The van der Waals surface area contributed by atoms with Gasteiger partial charge in [0.25, 0.3) is 0 Å². The van der Waals surface area contributed by atoms with Crippen LogP contribution in [0.15, 0.2) is 24.3 Å². The first kappa shape index (κ1) is 12.5. The zero-order chi connectivity index (χ0) is 12.3. The smallest absolute Gasteiger partial charge is 0.176 e. The van der Waals surface area contributed by atoms with Crippen LogP contribution in [0.1, 0.15) is 15.9 Å². The Morgan fingerprint density at radius 2 is 2.06 bits per heavy atom. The molecule has 1 aromatic carbocycles. The van der Waals surface area contributed by atoms with E-state index in [2.05, 4.69) is 4.90 Å². The van der Waals surface area contributed by atoms with Crippen LogP contribution in [0.2, 0.25) is 0 Å². The summed E-state index contributed by atoms with van der Waals surface area (Å²) in [4.78, 5) is 14.1. The molecule has 0 spiro atoms. The first-order valence-electron chi connectivity index (χ1n) is 5.82. The van der Waals surface area contributed by atoms with Crippen LogP contribution in [0.25, 0.3) is 0 Å². The second-order valence-electron chi connectivity index (χ2n) is 4.42. The van der Waals surface area contributed by atoms with Crippen molar-refractivity contribution >= 4 is 16.6 Å². The molecule has 1 aliphatic heterocycles. The van der Waals surface area contributed by atoms with Crippen molar-refractivity contribution in [1.82, 2.24) is 4.90 Å². The fourth-order valence-corrected chi connectivity index (χ4v) is 3.07. The summed E-state index contributed by atoms with van der Waals surface area (Å²) in [5.41, 5.74) is 1.88. The molecule has 4 heteroatoms. The van der Waals surface area contributed by atoms with Crippen molar-refractivity contribution < 1.29 is 9.00 Å². The standard InChI is InChI=1S/C13H17NO2S/c1-11-3-2-4-12(9-11)13(15)10-14-5-7-17(16)8-6-14/h2-4,9H,5-8,10H2,1H3. The van der Waals surface area contributed by atoms with E-state index >= 15 is 0 Å². The van der Waals surface area contributed by atoms with Crippen LogP contribution in [-0.2, 0) is 10.8 Å². The fraction of sp³-hybridized carbons (Fsp3) is 0.462. The van der Waals surface area contributed by atoms with Crippen molar-refractivity contribution in [3.63, 3.8) is 0 Å². The Hall–Kier alpha value is -1.00. The van der Waals surface area contributed by atoms with Crippen LogP contribution in [-0.4, -0.2) is 46.0 Å². The molecule has 92 valence electrons. The summed E-state index contributed by atoms with van der Waals surface area (Å²) < 4.78 is 11.2. The summed E-state index contributed by atoms with van der Waals surface area (Å²) >= 11 is 0. The van der Waals surface area contributed by atoms with E-state index in [1.807, 2.05) is 31.2 Å². The second-order valence-corrected chi connectivity index (χ2v) is 6.11. The molecule has 0 N–H and O–H groups in total. The maximum absolute atomic E-state index is 12.0. The Morgan fingerprint density at radius 1 is 1.35 bits per heavy atom. The highest BCUT2D eigenvalue weighted by molar-refractivity contribution is 7.85. The highest BCUT2D eigenvalue weighted by Gasteiger charge is 2.18. The van der Waals surface area contributed by atoms with E-state index in [1.165, 1.54) is 0 Å². The summed E-state index contributed by atoms with van der Waals surface area (Å²) in [6.45, 7) is 3.97. The number of carbonyl (C=O) groups excluding carboxylic acids is 1. The molecule has 0 saturated carbocycles. The van der Waals surface area contributed by atoms with Gasteiger partial charge in [-0.05, 0) is 13.0 Å². The normalized spacial score (nSPS) is 18.2. The highest BCUT2D eigenvalue weighted by Crippen LogP contribution is 2.07. The molecule has 0 aromatic heterocycles. The quantitative estimate of drug-likeness (QED) is 0.759. The van der Waals surface area contributed by atoms with Crippen molar-refractivity contribution in [2.75, 3.05) is 31.1 Å². The molecule has 1 fully saturated rings. The van der Waals surface area contributed by atoms with Gasteiger partial charge in [0.15, 0.2) is 5.78 Å². The predicted molar refractivity (Wildman–Crippen MR) is 69.8 cm³/mol. The maximum atomic E-state index is 12.0. The van der Waals surface area contributed by atoms with Crippen molar-refractivity contribution in [3.8, 4) is 0 Å². The van der Waals surface area contributed by atoms with Crippen molar-refractivity contribution in [2.24, 2.45) is 0 Å². The van der Waals surface area contributed by atoms with Gasteiger partial charge in [0.1, 0.15) is 0 Å². The minimum atomic E-state index is -0.677. The molecule has 0 unspecified atom stereocenters. The summed E-state index contributed by atoms with van der Waals surface area (Å²) in [6, 6.07) is 7.68. The molecule has 0 amide bonds. The zero-order valence-corrected chi connectivity index (χ0v) is 10.8. The summed E-state index contributed by atoms with van der Waals surface area (Å²) in [6.07, 6.45) is 0. The lowest BCUT2D eigenvalue weighted by molar-refractivity contribution is 0.0936. The third kappa shape index (κ3) is 3.48. The van der Waals surface area contributed by atoms with E-state index in [9.17, 15) is 9.00 Å². The van der Waals surface area contributed by atoms with Crippen LogP contribution in [0.4, 0.5) is 0 Å². The summed E-state index contributed by atoms with van der Waals surface area (Å²) in [7, 11) is -0.677. The average Bonchev–Trinajstić information content (AvgIpc) is 2.32. The van der Waals surface area contributed by atoms with Crippen LogP contribution < -0.4 is 0 Å². The van der Waals surface area contributed by atoms with E-state index in [4.69, 9.17) is 0 Å². The predicted octanol–water partition coefficient (Wildman–Crippen LogP) is 1.24. The van der Waals surface area contributed by atoms with Crippen LogP contribution >= 0.6 is 0 Å².